The van der Waals surface area contributed by atoms with Crippen molar-refractivity contribution in [2.45, 2.75) is 43.7 Å². The molecule has 1 aromatic carbocycles. The molecule has 1 aliphatic carbocycles. The second-order valence-corrected chi connectivity index (χ2v) is 14.8. The molecule has 3 aromatic heterocycles. The van der Waals surface area contributed by atoms with Crippen LogP contribution in [0.3, 0.4) is 0 Å². The van der Waals surface area contributed by atoms with Gasteiger partial charge in [0.1, 0.15) is 5.69 Å². The molecular weight excluding hydrogens is 648 g/mol. The number of hydrogen-bond donors (Lipinski definition) is 3. The summed E-state index contributed by atoms with van der Waals surface area (Å²) in [7, 11) is 0.0324. The zero-order valence-electron chi connectivity index (χ0n) is 27.5. The van der Waals surface area contributed by atoms with Gasteiger partial charge in [0.15, 0.2) is 21.3 Å². The Hall–Kier alpha value is -5.38. The average molecular weight is 685 g/mol. The highest BCUT2D eigenvalue weighted by Crippen LogP contribution is 2.49. The molecule has 3 aliphatic rings. The predicted molar refractivity (Wildman–Crippen MR) is 181 cm³/mol. The van der Waals surface area contributed by atoms with Crippen LogP contribution in [0.4, 0.5) is 22.9 Å². The van der Waals surface area contributed by atoms with Crippen LogP contribution < -0.4 is 20.9 Å². The van der Waals surface area contributed by atoms with E-state index in [4.69, 9.17) is 5.10 Å². The molecule has 2 aliphatic heterocycles. The van der Waals surface area contributed by atoms with Crippen molar-refractivity contribution in [3.63, 3.8) is 0 Å². The van der Waals surface area contributed by atoms with Gasteiger partial charge >= 0.3 is 0 Å². The first-order chi connectivity index (χ1) is 23.5. The molecule has 3 N–H and O–H groups in total. The maximum atomic E-state index is 13.2. The molecular formula is C33H36N10O5S. The first-order valence-electron chi connectivity index (χ1n) is 16.1. The van der Waals surface area contributed by atoms with Crippen LogP contribution >= 0.6 is 0 Å². The van der Waals surface area contributed by atoms with E-state index < -0.39 is 15.7 Å². The van der Waals surface area contributed by atoms with Crippen LogP contribution in [0.15, 0.2) is 53.7 Å². The van der Waals surface area contributed by atoms with E-state index in [0.29, 0.717) is 18.8 Å². The third-order valence-corrected chi connectivity index (χ3v) is 11.1. The number of benzene rings is 1. The lowest BCUT2D eigenvalue weighted by atomic mass is 9.93. The number of nitrogens with one attached hydrogen (secondary N) is 3. The Morgan fingerprint density at radius 2 is 1.80 bits per heavy atom. The van der Waals surface area contributed by atoms with E-state index in [0.717, 1.165) is 41.0 Å². The van der Waals surface area contributed by atoms with Crippen molar-refractivity contribution in [1.82, 2.24) is 35.2 Å². The number of amides is 3. The van der Waals surface area contributed by atoms with Crippen molar-refractivity contribution in [1.29, 1.82) is 0 Å². The van der Waals surface area contributed by atoms with Crippen LogP contribution in [-0.2, 0) is 14.6 Å². The number of para-hydroxylation sites is 1. The van der Waals surface area contributed by atoms with Gasteiger partial charge in [-0.05, 0) is 38.0 Å². The molecule has 0 bridgehead atoms. The summed E-state index contributed by atoms with van der Waals surface area (Å²) >= 11 is 0. The Labute approximate surface area is 283 Å². The molecule has 1 saturated carbocycles. The number of carbonyl (C=O) groups excluding carboxylic acids is 3. The van der Waals surface area contributed by atoms with E-state index in [1.165, 1.54) is 25.4 Å². The zero-order chi connectivity index (χ0) is 34.6. The number of hydrogen-bond acceptors (Lipinski definition) is 11. The summed E-state index contributed by atoms with van der Waals surface area (Å²) in [5, 5.41) is 21.8. The smallest absolute Gasteiger partial charge is 0.273 e. The third-order valence-electron chi connectivity index (χ3n) is 9.38. The molecule has 1 saturated heterocycles. The molecule has 7 rings (SSSR count). The maximum Gasteiger partial charge on any atom is 0.273 e. The molecule has 2 fully saturated rings. The number of carbonyl (C=O) groups is 3. The Kier molecular flexibility index (Phi) is 8.05. The number of rotatable bonds is 9. The molecule has 0 unspecified atom stereocenters. The van der Waals surface area contributed by atoms with Crippen LogP contribution in [0, 0.1) is 5.92 Å². The maximum absolute atomic E-state index is 13.2. The topological polar surface area (TPSA) is 184 Å². The van der Waals surface area contributed by atoms with Crippen LogP contribution in [-0.4, -0.2) is 88.9 Å². The number of aromatic nitrogens is 5. The Balaban J connectivity index is 1.15. The van der Waals surface area contributed by atoms with Gasteiger partial charge in [-0.1, -0.05) is 19.1 Å². The molecule has 5 heterocycles. The number of fused-ring (bicyclic) bond motifs is 3. The predicted octanol–water partition coefficient (Wildman–Crippen LogP) is 3.19. The van der Waals surface area contributed by atoms with Crippen LogP contribution in [0.2, 0.25) is 0 Å². The van der Waals surface area contributed by atoms with Crippen molar-refractivity contribution in [3.05, 3.63) is 65.9 Å². The van der Waals surface area contributed by atoms with E-state index in [1.54, 1.807) is 17.9 Å². The number of pyridine rings is 1. The third kappa shape index (κ3) is 5.75. The summed E-state index contributed by atoms with van der Waals surface area (Å²) in [5.41, 5.74) is 5.07. The molecule has 16 heteroatoms. The zero-order valence-corrected chi connectivity index (χ0v) is 28.3. The first kappa shape index (κ1) is 32.2. The van der Waals surface area contributed by atoms with Gasteiger partial charge in [-0.3, -0.25) is 24.0 Å². The van der Waals surface area contributed by atoms with Gasteiger partial charge in [0.05, 0.1) is 51.7 Å². The number of anilines is 4. The number of likely N-dealkylation sites (tertiary alicyclic amines) is 1. The Morgan fingerprint density at radius 3 is 2.51 bits per heavy atom. The van der Waals surface area contributed by atoms with Gasteiger partial charge in [0, 0.05) is 56.5 Å². The lowest BCUT2D eigenvalue weighted by molar-refractivity contribution is -0.117. The fourth-order valence-electron chi connectivity index (χ4n) is 6.28. The quantitative estimate of drug-likeness (QED) is 0.235. The molecule has 254 valence electrons. The van der Waals surface area contributed by atoms with Gasteiger partial charge in [0.25, 0.3) is 11.8 Å². The van der Waals surface area contributed by atoms with Crippen LogP contribution in [0.1, 0.15) is 65.4 Å². The minimum absolute atomic E-state index is 0.0208. The lowest BCUT2D eigenvalue weighted by Gasteiger charge is -2.42. The van der Waals surface area contributed by atoms with E-state index >= 15 is 0 Å². The largest absolute Gasteiger partial charge is 0.364 e. The van der Waals surface area contributed by atoms with Gasteiger partial charge in [-0.2, -0.15) is 5.10 Å². The summed E-state index contributed by atoms with van der Waals surface area (Å²) in [4.78, 5) is 46.4. The Morgan fingerprint density at radius 1 is 1.02 bits per heavy atom. The summed E-state index contributed by atoms with van der Waals surface area (Å²) in [6.45, 7) is 4.45. The Bertz CT molecular complexity index is 2110. The standard InChI is InChI=1S/C33H36N10O5S/c1-5-49(47,48)21-11-12-35-26(13-21)33(46)42-16-20(17-42)43-29-18(2)41(4)30-22(23(29)15-36-43)7-6-8-24(30)37-25-14-27(38-31(44)19-9-10-19)39-40-28(25)32(45)34-3/h6-8,11-15,18-20H,5,9-10,16-17H2,1-4H3,(H,34,45)(H2,37,38,39,44)/t18-/m1/s1. The van der Waals surface area contributed by atoms with Gasteiger partial charge < -0.3 is 25.8 Å². The fraction of sp³-hybridized carbons (Fsp3) is 0.364. The number of sulfone groups is 1. The molecule has 0 radical (unpaired) electrons. The van der Waals surface area contributed by atoms with Crippen LogP contribution in [0.5, 0.6) is 0 Å². The molecule has 4 aromatic rings. The van der Waals surface area contributed by atoms with Crippen molar-refractivity contribution in [2.75, 3.05) is 48.5 Å². The molecule has 1 atom stereocenters. The molecule has 15 nitrogen and oxygen atoms in total. The highest BCUT2D eigenvalue weighted by molar-refractivity contribution is 7.91. The number of nitrogens with zero attached hydrogens (tertiary/aromatic N) is 7. The second-order valence-electron chi connectivity index (χ2n) is 12.5. The molecule has 0 spiro atoms. The fourth-order valence-corrected chi connectivity index (χ4v) is 7.18. The van der Waals surface area contributed by atoms with E-state index in [-0.39, 0.29) is 57.7 Å². The molecule has 3 amide bonds. The highest BCUT2D eigenvalue weighted by Gasteiger charge is 2.39. The monoisotopic (exact) mass is 684 g/mol. The van der Waals surface area contributed by atoms with E-state index in [2.05, 4.69) is 43.0 Å². The minimum Gasteiger partial charge on any atom is -0.364 e. The van der Waals surface area contributed by atoms with Crippen molar-refractivity contribution in [2.24, 2.45) is 5.92 Å². The lowest BCUT2D eigenvalue weighted by Crippen LogP contribution is -2.51. The second kappa shape index (κ2) is 12.3. The van der Waals surface area contributed by atoms with Crippen molar-refractivity contribution < 1.29 is 22.8 Å². The normalized spacial score (nSPS) is 17.1. The van der Waals surface area contributed by atoms with Gasteiger partial charge in [-0.15, -0.1) is 10.2 Å². The SMILES string of the molecule is CCS(=O)(=O)c1ccnc(C(=O)N2CC(n3ncc4c3[C@@H](C)N(C)c3c(Nc5cc(NC(=O)C6CC6)nnc5C(=O)NC)cccc3-4)C2)c1. The summed E-state index contributed by atoms with van der Waals surface area (Å²) in [5.74, 6) is -0.693. The minimum atomic E-state index is -3.47. The average Bonchev–Trinajstić information content (AvgIpc) is 3.85. The summed E-state index contributed by atoms with van der Waals surface area (Å²) < 4.78 is 26.7. The van der Waals surface area contributed by atoms with Gasteiger partial charge in [-0.25, -0.2) is 8.42 Å². The van der Waals surface area contributed by atoms with Gasteiger partial charge in [0.2, 0.25) is 5.91 Å². The van der Waals surface area contributed by atoms with Crippen LogP contribution in [0.25, 0.3) is 11.1 Å². The first-order valence-corrected chi connectivity index (χ1v) is 17.7. The summed E-state index contributed by atoms with van der Waals surface area (Å²) in [6, 6.07) is 10.0. The van der Waals surface area contributed by atoms with Crippen molar-refractivity contribution in [3.8, 4) is 11.1 Å². The van der Waals surface area contributed by atoms with E-state index in [1.807, 2.05) is 36.1 Å². The van der Waals surface area contributed by atoms with E-state index in [9.17, 15) is 22.8 Å². The highest BCUT2D eigenvalue weighted by atomic mass is 32.2. The summed E-state index contributed by atoms with van der Waals surface area (Å²) in [6.07, 6.45) is 4.88. The van der Waals surface area contributed by atoms with Crippen molar-refractivity contribution >= 4 is 50.4 Å². The molecule has 49 heavy (non-hydrogen) atoms.